The number of furan rings is 1. The van der Waals surface area contributed by atoms with Crippen molar-refractivity contribution in [1.29, 1.82) is 0 Å². The van der Waals surface area contributed by atoms with Crippen molar-refractivity contribution in [2.24, 2.45) is 0 Å². The molecule has 6 heteroatoms. The van der Waals surface area contributed by atoms with Gasteiger partial charge >= 0.3 is 0 Å². The molecule has 2 aromatic carbocycles. The van der Waals surface area contributed by atoms with E-state index in [0.717, 1.165) is 36.1 Å². The molecule has 1 fully saturated rings. The molecular weight excluding hydrogens is 418 g/mol. The van der Waals surface area contributed by atoms with Crippen LogP contribution in [0.5, 0.6) is 5.75 Å². The monoisotopic (exact) mass is 443 g/mol. The molecule has 6 nitrogen and oxygen atoms in total. The van der Waals surface area contributed by atoms with Crippen molar-refractivity contribution in [2.45, 2.75) is 39.2 Å². The third-order valence-electron chi connectivity index (χ3n) is 6.28. The van der Waals surface area contributed by atoms with Gasteiger partial charge in [-0.25, -0.2) is 0 Å². The molecule has 2 aliphatic heterocycles. The first-order chi connectivity index (χ1) is 16.0. The summed E-state index contributed by atoms with van der Waals surface area (Å²) in [6, 6.07) is 15.5. The maximum atomic E-state index is 13.2. The van der Waals surface area contributed by atoms with Crippen LogP contribution < -0.4 is 9.64 Å². The Morgan fingerprint density at radius 2 is 1.88 bits per heavy atom. The Kier molecular flexibility index (Phi) is 5.29. The number of amides is 1. The number of aliphatic hydroxyl groups is 1. The van der Waals surface area contributed by atoms with E-state index in [4.69, 9.17) is 9.15 Å². The van der Waals surface area contributed by atoms with Crippen LogP contribution in [0.2, 0.25) is 0 Å². The summed E-state index contributed by atoms with van der Waals surface area (Å²) in [5, 5.41) is 11.3. The van der Waals surface area contributed by atoms with Crippen LogP contribution in [0.25, 0.3) is 5.76 Å². The van der Waals surface area contributed by atoms with Gasteiger partial charge in [0.05, 0.1) is 12.2 Å². The van der Waals surface area contributed by atoms with Crippen LogP contribution >= 0.6 is 0 Å². The number of hydrogen-bond acceptors (Lipinski definition) is 5. The van der Waals surface area contributed by atoms with Gasteiger partial charge in [0, 0.05) is 11.3 Å². The predicted molar refractivity (Wildman–Crippen MR) is 124 cm³/mol. The minimum absolute atomic E-state index is 0.0191. The standard InChI is InChI=1S/C27H25NO5/c1-3-17-7-10-20(11-8-17)28-24(22-12-6-16(2)33-22)23(26(30)27(28)31)25(29)19-9-13-21-18(15-19)5-4-14-32-21/h6-13,15,24,29H,3-5,14H2,1-2H3/b25-23-. The predicted octanol–water partition coefficient (Wildman–Crippen LogP) is 5.10. The molecule has 1 atom stereocenters. The van der Waals surface area contributed by atoms with E-state index in [-0.39, 0.29) is 11.3 Å². The summed E-state index contributed by atoms with van der Waals surface area (Å²) >= 11 is 0. The Morgan fingerprint density at radius 3 is 2.58 bits per heavy atom. The van der Waals surface area contributed by atoms with Crippen LogP contribution in [-0.2, 0) is 22.4 Å². The number of anilines is 1. The molecule has 1 unspecified atom stereocenters. The van der Waals surface area contributed by atoms with Gasteiger partial charge in [-0.1, -0.05) is 19.1 Å². The molecule has 1 N–H and O–H groups in total. The quantitative estimate of drug-likeness (QED) is 0.345. The summed E-state index contributed by atoms with van der Waals surface area (Å²) in [6.07, 6.45) is 2.58. The van der Waals surface area contributed by atoms with Crippen molar-refractivity contribution in [3.05, 3.63) is 88.4 Å². The van der Waals surface area contributed by atoms with Crippen molar-refractivity contribution >= 4 is 23.1 Å². The Bertz CT molecular complexity index is 1270. The van der Waals surface area contributed by atoms with Crippen LogP contribution in [0.3, 0.4) is 0 Å². The summed E-state index contributed by atoms with van der Waals surface area (Å²) in [7, 11) is 0. The second kappa shape index (κ2) is 8.28. The average molecular weight is 443 g/mol. The second-order valence-corrected chi connectivity index (χ2v) is 8.41. The maximum Gasteiger partial charge on any atom is 0.300 e. The van der Waals surface area contributed by atoms with Gasteiger partial charge in [0.25, 0.3) is 11.7 Å². The Morgan fingerprint density at radius 1 is 1.09 bits per heavy atom. The highest BCUT2D eigenvalue weighted by Crippen LogP contribution is 2.43. The van der Waals surface area contributed by atoms with Gasteiger partial charge in [-0.3, -0.25) is 14.5 Å². The van der Waals surface area contributed by atoms with E-state index in [1.165, 1.54) is 4.90 Å². The number of carbonyl (C=O) groups is 2. The molecule has 0 radical (unpaired) electrons. The van der Waals surface area contributed by atoms with Crippen molar-refractivity contribution in [3.8, 4) is 5.75 Å². The third kappa shape index (κ3) is 3.61. The van der Waals surface area contributed by atoms with Gasteiger partial charge in [0.1, 0.15) is 29.1 Å². The van der Waals surface area contributed by atoms with E-state index < -0.39 is 17.7 Å². The molecule has 0 aliphatic carbocycles. The largest absolute Gasteiger partial charge is 0.507 e. The summed E-state index contributed by atoms with van der Waals surface area (Å²) in [6.45, 7) is 4.52. The Hall–Kier alpha value is -3.80. The normalized spacial score (nSPS) is 19.5. The molecule has 2 aliphatic rings. The number of ether oxygens (including phenoxy) is 1. The number of fused-ring (bicyclic) bond motifs is 1. The number of aliphatic hydroxyl groups excluding tert-OH is 1. The van der Waals surface area contributed by atoms with Gasteiger partial charge in [-0.05, 0) is 79.8 Å². The lowest BCUT2D eigenvalue weighted by Crippen LogP contribution is -2.29. The fraction of sp³-hybridized carbons (Fsp3) is 0.259. The first-order valence-corrected chi connectivity index (χ1v) is 11.2. The molecule has 1 aromatic heterocycles. The summed E-state index contributed by atoms with van der Waals surface area (Å²) in [5.74, 6) is 0.221. The molecule has 1 saturated heterocycles. The molecule has 33 heavy (non-hydrogen) atoms. The number of Topliss-reactive ketones (excluding diaryl/α,β-unsaturated/α-hetero) is 1. The number of benzene rings is 2. The van der Waals surface area contributed by atoms with Crippen LogP contribution in [0.15, 0.2) is 64.6 Å². The zero-order valence-corrected chi connectivity index (χ0v) is 18.6. The van der Waals surface area contributed by atoms with E-state index in [1.54, 1.807) is 31.2 Å². The number of aryl methyl sites for hydroxylation is 3. The summed E-state index contributed by atoms with van der Waals surface area (Å²) < 4.78 is 11.5. The number of ketones is 1. The first-order valence-electron chi connectivity index (χ1n) is 11.2. The lowest BCUT2D eigenvalue weighted by molar-refractivity contribution is -0.132. The van der Waals surface area contributed by atoms with Gasteiger partial charge in [-0.15, -0.1) is 0 Å². The first kappa shape index (κ1) is 21.1. The minimum Gasteiger partial charge on any atom is -0.507 e. The van der Waals surface area contributed by atoms with Gasteiger partial charge in [-0.2, -0.15) is 0 Å². The minimum atomic E-state index is -0.863. The Labute approximate surface area is 192 Å². The van der Waals surface area contributed by atoms with E-state index in [1.807, 2.05) is 30.3 Å². The Balaban J connectivity index is 1.66. The van der Waals surface area contributed by atoms with Crippen LogP contribution in [0, 0.1) is 6.92 Å². The molecule has 3 aromatic rings. The van der Waals surface area contributed by atoms with Gasteiger partial charge < -0.3 is 14.3 Å². The molecule has 0 spiro atoms. The van der Waals surface area contributed by atoms with Gasteiger partial charge in [0.2, 0.25) is 0 Å². The van der Waals surface area contributed by atoms with E-state index >= 15 is 0 Å². The molecular formula is C27H25NO5. The van der Waals surface area contributed by atoms with E-state index in [2.05, 4.69) is 6.92 Å². The highest BCUT2D eigenvalue weighted by Gasteiger charge is 2.48. The molecule has 5 rings (SSSR count). The van der Waals surface area contributed by atoms with Gasteiger partial charge in [0.15, 0.2) is 0 Å². The summed E-state index contributed by atoms with van der Waals surface area (Å²) in [5.41, 5.74) is 3.17. The van der Waals surface area contributed by atoms with E-state index in [9.17, 15) is 14.7 Å². The lowest BCUT2D eigenvalue weighted by Gasteiger charge is -2.24. The SMILES string of the molecule is CCc1ccc(N2C(=O)C(=O)/C(=C(\O)c3ccc4c(c3)CCCO4)C2c2ccc(C)o2)cc1. The smallest absolute Gasteiger partial charge is 0.300 e. The van der Waals surface area contributed by atoms with Crippen molar-refractivity contribution in [2.75, 3.05) is 11.5 Å². The maximum absolute atomic E-state index is 13.2. The molecule has 168 valence electrons. The highest BCUT2D eigenvalue weighted by atomic mass is 16.5. The lowest BCUT2D eigenvalue weighted by atomic mass is 9.96. The number of rotatable bonds is 4. The van der Waals surface area contributed by atoms with Crippen LogP contribution in [0.4, 0.5) is 5.69 Å². The fourth-order valence-corrected chi connectivity index (χ4v) is 4.52. The number of nitrogens with zero attached hydrogens (tertiary/aromatic N) is 1. The zero-order valence-electron chi connectivity index (χ0n) is 18.6. The second-order valence-electron chi connectivity index (χ2n) is 8.41. The zero-order chi connectivity index (χ0) is 23.1. The molecule has 1 amide bonds. The average Bonchev–Trinajstić information content (AvgIpc) is 3.39. The molecule has 0 saturated carbocycles. The summed E-state index contributed by atoms with van der Waals surface area (Å²) in [4.78, 5) is 27.8. The molecule has 0 bridgehead atoms. The third-order valence-corrected chi connectivity index (χ3v) is 6.28. The number of carbonyl (C=O) groups excluding carboxylic acids is 2. The topological polar surface area (TPSA) is 80.0 Å². The highest BCUT2D eigenvalue weighted by molar-refractivity contribution is 6.51. The molecule has 3 heterocycles. The van der Waals surface area contributed by atoms with Crippen molar-refractivity contribution in [1.82, 2.24) is 0 Å². The van der Waals surface area contributed by atoms with Crippen molar-refractivity contribution in [3.63, 3.8) is 0 Å². The number of hydrogen-bond donors (Lipinski definition) is 1. The fourth-order valence-electron chi connectivity index (χ4n) is 4.52. The van der Waals surface area contributed by atoms with Crippen LogP contribution in [-0.4, -0.2) is 23.4 Å². The van der Waals surface area contributed by atoms with Crippen molar-refractivity contribution < 1.29 is 23.8 Å². The van der Waals surface area contributed by atoms with Crippen LogP contribution in [0.1, 0.15) is 47.6 Å². The van der Waals surface area contributed by atoms with E-state index in [0.29, 0.717) is 29.4 Å².